The predicted octanol–water partition coefficient (Wildman–Crippen LogP) is 4.72. The molecule has 0 aliphatic heterocycles. The highest BCUT2D eigenvalue weighted by molar-refractivity contribution is 9.10. The lowest BCUT2D eigenvalue weighted by Crippen LogP contribution is -1.99. The van der Waals surface area contributed by atoms with Gasteiger partial charge < -0.3 is 9.73 Å². The molecule has 0 aliphatic rings. The van der Waals surface area contributed by atoms with Gasteiger partial charge in [0.25, 0.3) is 0 Å². The summed E-state index contributed by atoms with van der Waals surface area (Å²) in [5, 5.41) is 3.38. The summed E-state index contributed by atoms with van der Waals surface area (Å²) in [6, 6.07) is 8.01. The molecule has 108 valence electrons. The van der Waals surface area contributed by atoms with E-state index >= 15 is 0 Å². The minimum absolute atomic E-state index is 0.293. The number of hydrogen-bond acceptors (Lipinski definition) is 4. The lowest BCUT2D eigenvalue weighted by molar-refractivity contribution is 0.501. The van der Waals surface area contributed by atoms with Crippen molar-refractivity contribution < 1.29 is 4.42 Å². The molecule has 0 amide bonds. The zero-order valence-corrected chi connectivity index (χ0v) is 13.5. The van der Waals surface area contributed by atoms with Crippen LogP contribution in [0.1, 0.15) is 31.2 Å². The van der Waals surface area contributed by atoms with Gasteiger partial charge >= 0.3 is 0 Å². The largest absolute Gasteiger partial charge is 0.440 e. The summed E-state index contributed by atoms with van der Waals surface area (Å²) in [5.41, 5.74) is 3.85. The van der Waals surface area contributed by atoms with Gasteiger partial charge in [0.05, 0.1) is 0 Å². The van der Waals surface area contributed by atoms with Crippen LogP contribution in [0.5, 0.6) is 0 Å². The summed E-state index contributed by atoms with van der Waals surface area (Å²) < 4.78 is 6.69. The number of fused-ring (bicyclic) bond motifs is 1. The van der Waals surface area contributed by atoms with E-state index in [1.165, 1.54) is 0 Å². The van der Waals surface area contributed by atoms with E-state index in [4.69, 9.17) is 4.42 Å². The minimum atomic E-state index is 0.293. The van der Waals surface area contributed by atoms with Crippen LogP contribution in [-0.4, -0.2) is 9.97 Å². The van der Waals surface area contributed by atoms with Crippen LogP contribution in [0, 0.1) is 0 Å². The summed E-state index contributed by atoms with van der Waals surface area (Å²) in [5.74, 6) is 1.07. The Kier molecular flexibility index (Phi) is 3.92. The third-order valence-corrected chi connectivity index (χ3v) is 3.59. The van der Waals surface area contributed by atoms with Crippen molar-refractivity contribution in [3.8, 4) is 0 Å². The number of benzene rings is 1. The summed E-state index contributed by atoms with van der Waals surface area (Å²) >= 11 is 3.42. The van der Waals surface area contributed by atoms with Gasteiger partial charge in [-0.2, -0.15) is 0 Å². The number of rotatable bonds is 4. The van der Waals surface area contributed by atoms with Gasteiger partial charge in [0.1, 0.15) is 5.52 Å². The van der Waals surface area contributed by atoms with Crippen molar-refractivity contribution in [1.82, 2.24) is 9.97 Å². The third-order valence-electron chi connectivity index (χ3n) is 3.16. The van der Waals surface area contributed by atoms with Crippen LogP contribution in [0.25, 0.3) is 11.1 Å². The molecule has 0 fully saturated rings. The van der Waals surface area contributed by atoms with E-state index in [0.717, 1.165) is 32.7 Å². The third kappa shape index (κ3) is 3.24. The maximum atomic E-state index is 5.71. The molecule has 2 heterocycles. The SMILES string of the molecule is CC(C)c1nc2cc(NCc3cncc(Br)c3)ccc2o1. The Morgan fingerprint density at radius 3 is 2.86 bits per heavy atom. The Morgan fingerprint density at radius 2 is 2.10 bits per heavy atom. The van der Waals surface area contributed by atoms with Crippen LogP contribution in [0.4, 0.5) is 5.69 Å². The molecule has 1 aromatic carbocycles. The van der Waals surface area contributed by atoms with Crippen molar-refractivity contribution in [3.05, 3.63) is 52.6 Å². The quantitative estimate of drug-likeness (QED) is 0.743. The fourth-order valence-electron chi connectivity index (χ4n) is 2.06. The van der Waals surface area contributed by atoms with Gasteiger partial charge in [-0.3, -0.25) is 4.98 Å². The molecule has 5 heteroatoms. The Bertz CT molecular complexity index is 767. The van der Waals surface area contributed by atoms with Crippen molar-refractivity contribution in [2.45, 2.75) is 26.3 Å². The van der Waals surface area contributed by atoms with E-state index < -0.39 is 0 Å². The average molecular weight is 346 g/mol. The second-order valence-electron chi connectivity index (χ2n) is 5.25. The summed E-state index contributed by atoms with van der Waals surface area (Å²) in [7, 11) is 0. The standard InChI is InChI=1S/C16H16BrN3O/c1-10(2)16-20-14-6-13(3-4-15(14)21-16)19-8-11-5-12(17)9-18-7-11/h3-7,9-10,19H,8H2,1-2H3. The first-order valence-corrected chi connectivity index (χ1v) is 7.65. The number of nitrogens with one attached hydrogen (secondary N) is 1. The molecule has 0 aliphatic carbocycles. The van der Waals surface area contributed by atoms with E-state index in [1.807, 2.05) is 30.5 Å². The fraction of sp³-hybridized carbons (Fsp3) is 0.250. The average Bonchev–Trinajstić information content (AvgIpc) is 2.88. The molecule has 1 N–H and O–H groups in total. The van der Waals surface area contributed by atoms with E-state index in [1.54, 1.807) is 6.20 Å². The number of pyridine rings is 1. The van der Waals surface area contributed by atoms with Gasteiger partial charge in [-0.05, 0) is 45.8 Å². The molecule has 0 saturated heterocycles. The maximum Gasteiger partial charge on any atom is 0.198 e. The maximum absolute atomic E-state index is 5.71. The van der Waals surface area contributed by atoms with E-state index in [-0.39, 0.29) is 0 Å². The number of halogens is 1. The van der Waals surface area contributed by atoms with E-state index in [2.05, 4.69) is 45.1 Å². The Balaban J connectivity index is 1.78. The molecular weight excluding hydrogens is 330 g/mol. The Morgan fingerprint density at radius 1 is 1.24 bits per heavy atom. The number of oxazole rings is 1. The van der Waals surface area contributed by atoms with Gasteiger partial charge in [0, 0.05) is 35.0 Å². The van der Waals surface area contributed by atoms with Crippen molar-refractivity contribution in [1.29, 1.82) is 0 Å². The molecule has 0 bridgehead atoms. The smallest absolute Gasteiger partial charge is 0.198 e. The summed E-state index contributed by atoms with van der Waals surface area (Å²) in [4.78, 5) is 8.67. The molecule has 0 spiro atoms. The normalized spacial score (nSPS) is 11.2. The van der Waals surface area contributed by atoms with Gasteiger partial charge in [0.15, 0.2) is 11.5 Å². The highest BCUT2D eigenvalue weighted by Crippen LogP contribution is 2.24. The molecule has 0 unspecified atom stereocenters. The molecule has 2 aromatic heterocycles. The van der Waals surface area contributed by atoms with Crippen LogP contribution in [0.2, 0.25) is 0 Å². The van der Waals surface area contributed by atoms with Crippen molar-refractivity contribution in [3.63, 3.8) is 0 Å². The minimum Gasteiger partial charge on any atom is -0.440 e. The highest BCUT2D eigenvalue weighted by atomic mass is 79.9. The second-order valence-corrected chi connectivity index (χ2v) is 6.17. The summed E-state index contributed by atoms with van der Waals surface area (Å²) in [6.07, 6.45) is 3.63. The monoisotopic (exact) mass is 345 g/mol. The van der Waals surface area contributed by atoms with Gasteiger partial charge in [-0.1, -0.05) is 13.8 Å². The first-order valence-electron chi connectivity index (χ1n) is 6.85. The van der Waals surface area contributed by atoms with Crippen LogP contribution >= 0.6 is 15.9 Å². The number of anilines is 1. The predicted molar refractivity (Wildman–Crippen MR) is 87.4 cm³/mol. The van der Waals surface area contributed by atoms with Gasteiger partial charge in [-0.15, -0.1) is 0 Å². The van der Waals surface area contributed by atoms with E-state index in [0.29, 0.717) is 12.5 Å². The van der Waals surface area contributed by atoms with Crippen molar-refractivity contribution in [2.24, 2.45) is 0 Å². The zero-order valence-electron chi connectivity index (χ0n) is 11.9. The van der Waals surface area contributed by atoms with Crippen LogP contribution in [-0.2, 0) is 6.54 Å². The van der Waals surface area contributed by atoms with Crippen molar-refractivity contribution in [2.75, 3.05) is 5.32 Å². The van der Waals surface area contributed by atoms with Crippen LogP contribution in [0.3, 0.4) is 0 Å². The molecule has 0 radical (unpaired) electrons. The molecule has 21 heavy (non-hydrogen) atoms. The topological polar surface area (TPSA) is 51.0 Å². The number of aromatic nitrogens is 2. The van der Waals surface area contributed by atoms with Gasteiger partial charge in [-0.25, -0.2) is 4.98 Å². The van der Waals surface area contributed by atoms with Gasteiger partial charge in [0.2, 0.25) is 0 Å². The Hall–Kier alpha value is -1.88. The molecule has 0 saturated carbocycles. The second kappa shape index (κ2) is 5.85. The lowest BCUT2D eigenvalue weighted by Gasteiger charge is -2.06. The fourth-order valence-corrected chi connectivity index (χ4v) is 2.47. The van der Waals surface area contributed by atoms with E-state index in [9.17, 15) is 0 Å². The highest BCUT2D eigenvalue weighted by Gasteiger charge is 2.09. The van der Waals surface area contributed by atoms with Crippen molar-refractivity contribution >= 4 is 32.7 Å². The molecule has 0 atom stereocenters. The number of nitrogens with zero attached hydrogens (tertiary/aromatic N) is 2. The first-order chi connectivity index (χ1) is 10.1. The Labute approximate surface area is 131 Å². The molecule has 3 rings (SSSR count). The summed E-state index contributed by atoms with van der Waals surface area (Å²) in [6.45, 7) is 4.86. The molecule has 3 aromatic rings. The zero-order chi connectivity index (χ0) is 14.8. The molecular formula is C16H16BrN3O. The van der Waals surface area contributed by atoms with Crippen LogP contribution < -0.4 is 5.32 Å². The number of hydrogen-bond donors (Lipinski definition) is 1. The first kappa shape index (κ1) is 14.1. The molecule has 4 nitrogen and oxygen atoms in total. The van der Waals surface area contributed by atoms with Crippen LogP contribution in [0.15, 0.2) is 45.5 Å². The lowest BCUT2D eigenvalue weighted by atomic mass is 10.2.